The monoisotopic (exact) mass is 457 g/mol. The van der Waals surface area contributed by atoms with Crippen molar-refractivity contribution < 1.29 is 27.8 Å². The minimum absolute atomic E-state index is 0.147. The summed E-state index contributed by atoms with van der Waals surface area (Å²) in [6, 6.07) is 15.2. The number of nitrogens with zero attached hydrogens (tertiary/aromatic N) is 2. The third kappa shape index (κ3) is 5.50. The molecule has 6 nitrogen and oxygen atoms in total. The van der Waals surface area contributed by atoms with Gasteiger partial charge >= 0.3 is 6.18 Å². The van der Waals surface area contributed by atoms with Gasteiger partial charge in [0.05, 0.1) is 17.4 Å². The molecule has 1 atom stereocenters. The average molecular weight is 457 g/mol. The van der Waals surface area contributed by atoms with Crippen molar-refractivity contribution >= 4 is 5.91 Å². The largest absolute Gasteiger partial charge is 0.457 e. The van der Waals surface area contributed by atoms with Gasteiger partial charge in [0.2, 0.25) is 0 Å². The zero-order valence-corrected chi connectivity index (χ0v) is 17.5. The molecular formula is C24H22F3N3O3. The number of pyridine rings is 1. The molecule has 0 bridgehead atoms. The summed E-state index contributed by atoms with van der Waals surface area (Å²) in [5.41, 5.74) is 6.35. The molecule has 0 unspecified atom stereocenters. The molecule has 0 radical (unpaired) electrons. The van der Waals surface area contributed by atoms with Crippen LogP contribution in [0.25, 0.3) is 11.3 Å². The molecule has 3 aromatic rings. The van der Waals surface area contributed by atoms with Gasteiger partial charge in [-0.15, -0.1) is 0 Å². The highest BCUT2D eigenvalue weighted by Gasteiger charge is 2.32. The second-order valence-corrected chi connectivity index (χ2v) is 7.90. The molecule has 9 heteroatoms. The number of alkyl halides is 3. The number of carbonyl (C=O) groups is 1. The highest BCUT2D eigenvalue weighted by Crippen LogP contribution is 2.35. The quantitative estimate of drug-likeness (QED) is 0.579. The van der Waals surface area contributed by atoms with Crippen molar-refractivity contribution in [3.8, 4) is 22.8 Å². The summed E-state index contributed by atoms with van der Waals surface area (Å²) in [5.74, 6) is 0.121. The third-order valence-electron chi connectivity index (χ3n) is 5.41. The predicted octanol–water partition coefficient (Wildman–Crippen LogP) is 4.23. The first-order chi connectivity index (χ1) is 15.7. The first kappa shape index (κ1) is 22.8. The Kier molecular flexibility index (Phi) is 6.35. The van der Waals surface area contributed by atoms with E-state index >= 15 is 0 Å². The number of β-amino-alcohol motifs (C(OH)–C–C–N with tert-alkyl or cyclic N) is 1. The number of hydrogen-bond acceptors (Lipinski definition) is 5. The second kappa shape index (κ2) is 9.21. The summed E-state index contributed by atoms with van der Waals surface area (Å²) in [5, 5.41) is 9.75. The standard InChI is InChI=1S/C24H22F3N3O3/c25-24(26,27)17-6-9-22(16(12-17)13-30-11-10-18(31)14-30)33-19-7-4-15(5-8-19)20-2-1-3-21(29-20)23(28)32/h1-9,12,18,31H,10-11,13-14H2,(H2,28,32)/t18-/m0/s1. The van der Waals surface area contributed by atoms with E-state index < -0.39 is 23.8 Å². The van der Waals surface area contributed by atoms with Crippen LogP contribution in [-0.4, -0.2) is 40.1 Å². The van der Waals surface area contributed by atoms with Crippen molar-refractivity contribution in [2.45, 2.75) is 25.2 Å². The number of ether oxygens (including phenoxy) is 1. The van der Waals surface area contributed by atoms with Crippen LogP contribution in [0.1, 0.15) is 28.0 Å². The highest BCUT2D eigenvalue weighted by molar-refractivity contribution is 5.91. The van der Waals surface area contributed by atoms with Gasteiger partial charge in [-0.3, -0.25) is 9.69 Å². The Hall–Kier alpha value is -3.43. The van der Waals surface area contributed by atoms with Crippen LogP contribution in [-0.2, 0) is 12.7 Å². The first-order valence-electron chi connectivity index (χ1n) is 10.3. The molecule has 1 fully saturated rings. The maximum atomic E-state index is 13.3. The van der Waals surface area contributed by atoms with Gasteiger partial charge in [0.1, 0.15) is 17.2 Å². The van der Waals surface area contributed by atoms with Crippen molar-refractivity contribution in [1.29, 1.82) is 0 Å². The number of halogens is 3. The number of nitrogens with two attached hydrogens (primary N) is 1. The van der Waals surface area contributed by atoms with Crippen molar-refractivity contribution in [2.75, 3.05) is 13.1 Å². The second-order valence-electron chi connectivity index (χ2n) is 7.90. The third-order valence-corrected chi connectivity index (χ3v) is 5.41. The van der Waals surface area contributed by atoms with E-state index in [1.54, 1.807) is 36.4 Å². The number of likely N-dealkylation sites (tertiary alicyclic amines) is 1. The molecule has 1 saturated heterocycles. The normalized spacial score (nSPS) is 16.7. The molecular weight excluding hydrogens is 435 g/mol. The lowest BCUT2D eigenvalue weighted by Crippen LogP contribution is -2.22. The molecule has 3 N–H and O–H groups in total. The van der Waals surface area contributed by atoms with Gasteiger partial charge < -0.3 is 15.6 Å². The van der Waals surface area contributed by atoms with Gasteiger partial charge in [0, 0.05) is 30.8 Å². The zero-order chi connectivity index (χ0) is 23.6. The molecule has 1 aliphatic rings. The number of rotatable bonds is 6. The summed E-state index contributed by atoms with van der Waals surface area (Å²) in [7, 11) is 0. The SMILES string of the molecule is NC(=O)c1cccc(-c2ccc(Oc3ccc(C(F)(F)F)cc3CN3CC[C@H](O)C3)cc2)n1. The fourth-order valence-corrected chi connectivity index (χ4v) is 3.73. The van der Waals surface area contributed by atoms with Crippen LogP contribution in [0.15, 0.2) is 60.7 Å². The number of aromatic nitrogens is 1. The molecule has 1 aliphatic heterocycles. The Morgan fingerprint density at radius 3 is 2.55 bits per heavy atom. The van der Waals surface area contributed by atoms with E-state index in [-0.39, 0.29) is 12.2 Å². The van der Waals surface area contributed by atoms with E-state index in [9.17, 15) is 23.1 Å². The first-order valence-corrected chi connectivity index (χ1v) is 10.3. The topological polar surface area (TPSA) is 88.7 Å². The van der Waals surface area contributed by atoms with Gasteiger partial charge in [0.15, 0.2) is 0 Å². The molecule has 1 amide bonds. The highest BCUT2D eigenvalue weighted by atomic mass is 19.4. The number of hydrogen-bond donors (Lipinski definition) is 2. The summed E-state index contributed by atoms with van der Waals surface area (Å²) >= 11 is 0. The van der Waals surface area contributed by atoms with E-state index in [4.69, 9.17) is 10.5 Å². The fourth-order valence-electron chi connectivity index (χ4n) is 3.73. The smallest absolute Gasteiger partial charge is 0.416 e. The maximum absolute atomic E-state index is 13.3. The van der Waals surface area contributed by atoms with Crippen molar-refractivity contribution in [3.05, 3.63) is 77.5 Å². The van der Waals surface area contributed by atoms with E-state index in [1.807, 2.05) is 4.90 Å². The van der Waals surface area contributed by atoms with Gasteiger partial charge in [-0.25, -0.2) is 4.98 Å². The zero-order valence-electron chi connectivity index (χ0n) is 17.5. The van der Waals surface area contributed by atoms with E-state index in [1.165, 1.54) is 12.1 Å². The molecule has 4 rings (SSSR count). The Labute approximate surface area is 188 Å². The van der Waals surface area contributed by atoms with E-state index in [0.717, 1.165) is 17.7 Å². The van der Waals surface area contributed by atoms with Crippen molar-refractivity contribution in [1.82, 2.24) is 9.88 Å². The van der Waals surface area contributed by atoms with Crippen LogP contribution < -0.4 is 10.5 Å². The predicted molar refractivity (Wildman–Crippen MR) is 116 cm³/mol. The maximum Gasteiger partial charge on any atom is 0.416 e. The lowest BCUT2D eigenvalue weighted by molar-refractivity contribution is -0.137. The number of carbonyl (C=O) groups excluding carboxylic acids is 1. The lowest BCUT2D eigenvalue weighted by atomic mass is 10.1. The molecule has 33 heavy (non-hydrogen) atoms. The lowest BCUT2D eigenvalue weighted by Gasteiger charge is -2.19. The van der Waals surface area contributed by atoms with Crippen LogP contribution in [0, 0.1) is 0 Å². The molecule has 2 aromatic carbocycles. The van der Waals surface area contributed by atoms with Crippen LogP contribution in [0.5, 0.6) is 11.5 Å². The van der Waals surface area contributed by atoms with Crippen LogP contribution >= 0.6 is 0 Å². The molecule has 2 heterocycles. The Morgan fingerprint density at radius 1 is 1.15 bits per heavy atom. The number of primary amides is 1. The van der Waals surface area contributed by atoms with Gasteiger partial charge in [0.25, 0.3) is 5.91 Å². The van der Waals surface area contributed by atoms with Gasteiger partial charge in [-0.05, 0) is 61.0 Å². The van der Waals surface area contributed by atoms with Crippen molar-refractivity contribution in [2.24, 2.45) is 5.73 Å². The minimum atomic E-state index is -4.47. The number of benzene rings is 2. The van der Waals surface area contributed by atoms with Crippen molar-refractivity contribution in [3.63, 3.8) is 0 Å². The summed E-state index contributed by atoms with van der Waals surface area (Å²) in [4.78, 5) is 17.5. The van der Waals surface area contributed by atoms with Crippen LogP contribution in [0.3, 0.4) is 0 Å². The Bertz CT molecular complexity index is 1150. The summed E-state index contributed by atoms with van der Waals surface area (Å²) < 4.78 is 45.7. The van der Waals surface area contributed by atoms with Crippen LogP contribution in [0.2, 0.25) is 0 Å². The fraction of sp³-hybridized carbons (Fsp3) is 0.250. The number of aliphatic hydroxyl groups excluding tert-OH is 1. The average Bonchev–Trinajstić information content (AvgIpc) is 3.19. The number of amides is 1. The molecule has 0 spiro atoms. The Balaban J connectivity index is 1.57. The molecule has 0 aliphatic carbocycles. The van der Waals surface area contributed by atoms with Gasteiger partial charge in [-0.1, -0.05) is 6.07 Å². The van der Waals surface area contributed by atoms with E-state index in [0.29, 0.717) is 42.3 Å². The summed E-state index contributed by atoms with van der Waals surface area (Å²) in [6.07, 6.45) is -4.36. The molecule has 0 saturated carbocycles. The number of aliphatic hydroxyl groups is 1. The Morgan fingerprint density at radius 2 is 1.91 bits per heavy atom. The van der Waals surface area contributed by atoms with Gasteiger partial charge in [-0.2, -0.15) is 13.2 Å². The van der Waals surface area contributed by atoms with Crippen LogP contribution in [0.4, 0.5) is 13.2 Å². The summed E-state index contributed by atoms with van der Waals surface area (Å²) in [6.45, 7) is 1.24. The molecule has 1 aromatic heterocycles. The van der Waals surface area contributed by atoms with E-state index in [2.05, 4.69) is 4.98 Å². The molecule has 172 valence electrons. The minimum Gasteiger partial charge on any atom is -0.457 e.